The van der Waals surface area contributed by atoms with Crippen LogP contribution in [0.3, 0.4) is 0 Å². The molecule has 0 saturated carbocycles. The van der Waals surface area contributed by atoms with E-state index < -0.39 is 17.7 Å². The summed E-state index contributed by atoms with van der Waals surface area (Å²) in [7, 11) is 0. The number of oxime groups is 1. The molecule has 2 aliphatic rings. The Morgan fingerprint density at radius 1 is 1.17 bits per heavy atom. The number of amides is 1. The molecule has 0 radical (unpaired) electrons. The molecule has 4 rings (SSSR count). The van der Waals surface area contributed by atoms with E-state index in [0.717, 1.165) is 11.8 Å². The molecular weight excluding hydrogens is 398 g/mol. The molecule has 2 aromatic rings. The molecule has 1 aromatic carbocycles. The average Bonchev–Trinajstić information content (AvgIpc) is 3.29. The lowest BCUT2D eigenvalue weighted by molar-refractivity contribution is 0.0127. The van der Waals surface area contributed by atoms with Crippen LogP contribution in [-0.2, 0) is 4.84 Å². The topological polar surface area (TPSA) is 91.4 Å². The van der Waals surface area contributed by atoms with Crippen molar-refractivity contribution in [2.75, 3.05) is 31.1 Å². The first-order valence-corrected chi connectivity index (χ1v) is 9.83. The molecule has 2 fully saturated rings. The van der Waals surface area contributed by atoms with Crippen molar-refractivity contribution in [1.82, 2.24) is 9.88 Å². The minimum absolute atomic E-state index is 0.0374. The molecule has 160 valence electrons. The van der Waals surface area contributed by atoms with Crippen LogP contribution in [0.5, 0.6) is 0 Å². The molecule has 0 bridgehead atoms. The number of piperidine rings is 2. The highest BCUT2D eigenvalue weighted by molar-refractivity contribution is 5.86. The second kappa shape index (κ2) is 8.68. The van der Waals surface area contributed by atoms with E-state index in [0.29, 0.717) is 51.9 Å². The number of hydrogen-bond donors (Lipinski definition) is 1. The maximum absolute atomic E-state index is 14.6. The Hall–Kier alpha value is -3.17. The van der Waals surface area contributed by atoms with Crippen molar-refractivity contribution >= 4 is 17.5 Å². The van der Waals surface area contributed by atoms with Gasteiger partial charge in [0.05, 0.1) is 23.2 Å². The molecule has 2 aliphatic heterocycles. The number of likely N-dealkylation sites (tertiary alicyclic amines) is 1. The second-order valence-corrected chi connectivity index (χ2v) is 7.37. The summed E-state index contributed by atoms with van der Waals surface area (Å²) in [5, 5.41) is 13.2. The largest absolute Gasteiger partial charge is 0.465 e. The van der Waals surface area contributed by atoms with E-state index in [1.807, 2.05) is 0 Å². The Morgan fingerprint density at radius 3 is 2.53 bits per heavy atom. The lowest BCUT2D eigenvalue weighted by Gasteiger charge is -2.31. The molecule has 0 atom stereocenters. The monoisotopic (exact) mass is 420 g/mol. The summed E-state index contributed by atoms with van der Waals surface area (Å²) in [5.41, 5.74) is 1.11. The van der Waals surface area contributed by atoms with Gasteiger partial charge in [0.1, 0.15) is 17.7 Å². The number of rotatable bonds is 4. The Balaban J connectivity index is 1.33. The fourth-order valence-electron chi connectivity index (χ4n) is 3.71. The summed E-state index contributed by atoms with van der Waals surface area (Å²) in [6, 6.07) is 2.31. The van der Waals surface area contributed by atoms with Gasteiger partial charge in [-0.3, -0.25) is 0 Å². The Bertz CT molecular complexity index is 917. The Labute approximate surface area is 171 Å². The van der Waals surface area contributed by atoms with Gasteiger partial charge in [0.15, 0.2) is 12.2 Å². The predicted octanol–water partition coefficient (Wildman–Crippen LogP) is 3.74. The van der Waals surface area contributed by atoms with E-state index in [9.17, 15) is 13.6 Å². The van der Waals surface area contributed by atoms with Crippen LogP contribution in [0.25, 0.3) is 11.3 Å². The van der Waals surface area contributed by atoms with Gasteiger partial charge in [-0.2, -0.15) is 0 Å². The third kappa shape index (κ3) is 4.37. The third-order valence-corrected chi connectivity index (χ3v) is 5.46. The first kappa shape index (κ1) is 20.1. The molecule has 30 heavy (non-hydrogen) atoms. The quantitative estimate of drug-likeness (QED) is 0.758. The van der Waals surface area contributed by atoms with E-state index in [4.69, 9.17) is 14.4 Å². The zero-order valence-corrected chi connectivity index (χ0v) is 16.3. The number of carbonyl (C=O) groups is 1. The number of hydrogen-bond acceptors (Lipinski definition) is 6. The maximum Gasteiger partial charge on any atom is 0.407 e. The molecule has 0 spiro atoms. The number of nitrogens with zero attached hydrogens (tertiary/aromatic N) is 4. The highest BCUT2D eigenvalue weighted by Gasteiger charge is 2.25. The number of oxazole rings is 1. The third-order valence-electron chi connectivity index (χ3n) is 5.46. The van der Waals surface area contributed by atoms with E-state index in [1.165, 1.54) is 23.6 Å². The van der Waals surface area contributed by atoms with Gasteiger partial charge in [-0.1, -0.05) is 5.16 Å². The fourth-order valence-corrected chi connectivity index (χ4v) is 3.71. The summed E-state index contributed by atoms with van der Waals surface area (Å²) in [5.74, 6) is -0.916. The smallest absolute Gasteiger partial charge is 0.407 e. The van der Waals surface area contributed by atoms with Gasteiger partial charge in [-0.15, -0.1) is 0 Å². The van der Waals surface area contributed by atoms with Crippen molar-refractivity contribution in [3.63, 3.8) is 0 Å². The van der Waals surface area contributed by atoms with Crippen LogP contribution in [0.15, 0.2) is 34.3 Å². The average molecular weight is 420 g/mol. The van der Waals surface area contributed by atoms with Gasteiger partial charge >= 0.3 is 6.09 Å². The zero-order chi connectivity index (χ0) is 21.1. The van der Waals surface area contributed by atoms with E-state index in [-0.39, 0.29) is 23.1 Å². The van der Waals surface area contributed by atoms with Gasteiger partial charge in [0.2, 0.25) is 0 Å². The summed E-state index contributed by atoms with van der Waals surface area (Å²) in [4.78, 5) is 23.4. The molecular formula is C20H22F2N4O4. The summed E-state index contributed by atoms with van der Waals surface area (Å²) >= 11 is 0. The number of aromatic nitrogens is 1. The van der Waals surface area contributed by atoms with Crippen molar-refractivity contribution < 1.29 is 27.9 Å². The predicted molar refractivity (Wildman–Crippen MR) is 104 cm³/mol. The minimum Gasteiger partial charge on any atom is -0.465 e. The van der Waals surface area contributed by atoms with Crippen LogP contribution in [0.4, 0.5) is 19.3 Å². The van der Waals surface area contributed by atoms with Gasteiger partial charge in [0, 0.05) is 57.9 Å². The van der Waals surface area contributed by atoms with Crippen molar-refractivity contribution in [2.24, 2.45) is 5.16 Å². The van der Waals surface area contributed by atoms with Crippen molar-refractivity contribution in [3.05, 3.63) is 36.4 Å². The summed E-state index contributed by atoms with van der Waals surface area (Å²) < 4.78 is 34.1. The Kier molecular flexibility index (Phi) is 5.82. The molecule has 2 saturated heterocycles. The SMILES string of the molecule is O=C(O)N1CCC(ON=C2CCN(c3cc(F)c(-c4cnco4)cc3F)CC2)CC1. The molecule has 1 aromatic heterocycles. The van der Waals surface area contributed by atoms with Crippen LogP contribution < -0.4 is 4.90 Å². The maximum atomic E-state index is 14.6. The molecule has 0 aliphatic carbocycles. The van der Waals surface area contributed by atoms with Crippen LogP contribution in [0.2, 0.25) is 0 Å². The van der Waals surface area contributed by atoms with Gasteiger partial charge < -0.3 is 24.2 Å². The first-order chi connectivity index (χ1) is 14.5. The molecule has 0 unspecified atom stereocenters. The minimum atomic E-state index is -0.912. The number of anilines is 1. The van der Waals surface area contributed by atoms with Crippen molar-refractivity contribution in [1.29, 1.82) is 0 Å². The molecule has 3 heterocycles. The first-order valence-electron chi connectivity index (χ1n) is 9.83. The summed E-state index contributed by atoms with van der Waals surface area (Å²) in [6.07, 6.45) is 3.88. The number of halogens is 2. The molecule has 10 heteroatoms. The van der Waals surface area contributed by atoms with Gasteiger partial charge in [-0.25, -0.2) is 18.6 Å². The lowest BCUT2D eigenvalue weighted by atomic mass is 10.1. The highest BCUT2D eigenvalue weighted by Crippen LogP contribution is 2.30. The van der Waals surface area contributed by atoms with E-state index >= 15 is 0 Å². The second-order valence-electron chi connectivity index (χ2n) is 7.37. The standard InChI is InChI=1S/C20H22F2N4O4/c21-16-10-18(17(22)9-15(16)19-11-23-12-29-19)25-5-1-13(2-6-25)24-30-14-3-7-26(8-4-14)20(27)28/h9-12,14H,1-8H2,(H,27,28). The van der Waals surface area contributed by atoms with Crippen LogP contribution in [-0.4, -0.2) is 59.1 Å². The van der Waals surface area contributed by atoms with Gasteiger partial charge in [-0.05, 0) is 6.07 Å². The normalized spacial score (nSPS) is 17.9. The number of benzene rings is 1. The van der Waals surface area contributed by atoms with Crippen molar-refractivity contribution in [2.45, 2.75) is 31.8 Å². The van der Waals surface area contributed by atoms with Crippen LogP contribution in [0, 0.1) is 11.6 Å². The molecule has 8 nitrogen and oxygen atoms in total. The van der Waals surface area contributed by atoms with Crippen LogP contribution in [0.1, 0.15) is 25.7 Å². The molecule has 1 N–H and O–H groups in total. The van der Waals surface area contributed by atoms with Crippen LogP contribution >= 0.6 is 0 Å². The highest BCUT2D eigenvalue weighted by atomic mass is 19.1. The Morgan fingerprint density at radius 2 is 1.90 bits per heavy atom. The zero-order valence-electron chi connectivity index (χ0n) is 16.3. The fraction of sp³-hybridized carbons (Fsp3) is 0.450. The van der Waals surface area contributed by atoms with E-state index in [1.54, 1.807) is 4.90 Å². The van der Waals surface area contributed by atoms with Crippen molar-refractivity contribution in [3.8, 4) is 11.3 Å². The lowest BCUT2D eigenvalue weighted by Crippen LogP contribution is -2.40. The number of carboxylic acid groups (broad SMARTS) is 1. The van der Waals surface area contributed by atoms with Gasteiger partial charge in [0.25, 0.3) is 0 Å². The van der Waals surface area contributed by atoms with E-state index in [2.05, 4.69) is 10.1 Å². The summed E-state index contributed by atoms with van der Waals surface area (Å²) in [6.45, 7) is 1.87. The molecule has 1 amide bonds.